The van der Waals surface area contributed by atoms with Gasteiger partial charge >= 0.3 is 11.9 Å². The van der Waals surface area contributed by atoms with Crippen LogP contribution in [0.5, 0.6) is 0 Å². The Morgan fingerprint density at radius 3 is 1.83 bits per heavy atom. The summed E-state index contributed by atoms with van der Waals surface area (Å²) in [6.45, 7) is 7.41. The molecule has 2 N–H and O–H groups in total. The predicted molar refractivity (Wildman–Crippen MR) is 154 cm³/mol. The molecule has 0 aromatic rings. The SMILES string of the molecule is CCC(C)(CO)C(=O)OC.CCC(C)C(=O)OC12CC3C4CC5(O)CC3C(C1)C(C5)C4C2.N#CC1CC2CCC1C2. The second-order valence-electron chi connectivity index (χ2n) is 15.3. The van der Waals surface area contributed by atoms with Gasteiger partial charge in [0, 0.05) is 5.92 Å². The molecular formula is C34H53NO6. The molecule has 9 fully saturated rings. The van der Waals surface area contributed by atoms with Gasteiger partial charge in [0.1, 0.15) is 5.60 Å². The average Bonchev–Trinajstić information content (AvgIpc) is 3.62. The summed E-state index contributed by atoms with van der Waals surface area (Å²) in [5, 5.41) is 28.2. The average molecular weight is 572 g/mol. The van der Waals surface area contributed by atoms with Crippen LogP contribution in [0.25, 0.3) is 0 Å². The molecule has 5 unspecified atom stereocenters. The monoisotopic (exact) mass is 571 g/mol. The lowest BCUT2D eigenvalue weighted by atomic mass is 9.34. The van der Waals surface area contributed by atoms with Crippen molar-refractivity contribution >= 4 is 11.9 Å². The molecule has 0 amide bonds. The first-order chi connectivity index (χ1) is 19.4. The second kappa shape index (κ2) is 11.5. The number of esters is 2. The lowest BCUT2D eigenvalue weighted by Crippen LogP contribution is -2.71. The fourth-order valence-corrected chi connectivity index (χ4v) is 10.4. The third-order valence-electron chi connectivity index (χ3n) is 13.0. The number of fused-ring (bicyclic) bond motifs is 2. The van der Waals surface area contributed by atoms with E-state index in [0.29, 0.717) is 12.3 Å². The normalized spacial score (nSPS) is 45.5. The van der Waals surface area contributed by atoms with Crippen molar-refractivity contribution in [2.45, 2.75) is 116 Å². The van der Waals surface area contributed by atoms with Gasteiger partial charge < -0.3 is 19.7 Å². The molecule has 7 nitrogen and oxygen atoms in total. The van der Waals surface area contributed by atoms with E-state index < -0.39 is 5.41 Å². The first-order valence-electron chi connectivity index (χ1n) is 16.5. The summed E-state index contributed by atoms with van der Waals surface area (Å²) >= 11 is 0. The van der Waals surface area contributed by atoms with E-state index in [1.54, 1.807) is 6.92 Å². The molecule has 0 aliphatic heterocycles. The maximum Gasteiger partial charge on any atom is 0.313 e. The number of carbonyl (C=O) groups is 2. The van der Waals surface area contributed by atoms with Gasteiger partial charge in [0.05, 0.1) is 36.7 Å². The van der Waals surface area contributed by atoms with Crippen LogP contribution in [0.2, 0.25) is 0 Å². The Hall–Kier alpha value is -1.65. The van der Waals surface area contributed by atoms with Gasteiger partial charge in [-0.05, 0) is 125 Å². The molecule has 0 aromatic heterocycles. The van der Waals surface area contributed by atoms with E-state index in [1.165, 1.54) is 32.8 Å². The van der Waals surface area contributed by atoms with Gasteiger partial charge in [0.15, 0.2) is 0 Å². The van der Waals surface area contributed by atoms with Crippen molar-refractivity contribution in [3.8, 4) is 6.07 Å². The lowest BCUT2D eigenvalue weighted by molar-refractivity contribution is -0.294. The Morgan fingerprint density at radius 1 is 0.976 bits per heavy atom. The molecular weight excluding hydrogens is 518 g/mol. The zero-order valence-electron chi connectivity index (χ0n) is 25.9. The standard InChI is InChI=1S/C19H28O3.C8H11N.C7H14O3/c1-3-10(2)17(20)22-19-7-14-11-4-18(21)5-12(14)16(9-19)13(6-18)15(11)8-19;9-5-8-4-6-1-2-7(8)3-6;1-4-7(2,5-8)6(9)10-3/h10-16,21H,3-9H2,1-2H3;6-8H,1-4H2;8H,4-5H2,1-3H3. The number of aliphatic hydroxyl groups excluding tert-OH is 1. The number of ether oxygens (including phenoxy) is 2. The minimum absolute atomic E-state index is 0.0275. The van der Waals surface area contributed by atoms with Crippen LogP contribution in [-0.4, -0.2) is 47.1 Å². The van der Waals surface area contributed by atoms with Crippen LogP contribution in [0.1, 0.15) is 105 Å². The molecule has 0 aromatic carbocycles. The smallest absolute Gasteiger partial charge is 0.313 e. The van der Waals surface area contributed by atoms with Gasteiger partial charge in [-0.2, -0.15) is 5.26 Å². The van der Waals surface area contributed by atoms with Crippen LogP contribution < -0.4 is 0 Å². The zero-order valence-corrected chi connectivity index (χ0v) is 25.9. The van der Waals surface area contributed by atoms with E-state index in [0.717, 1.165) is 92.3 Å². The van der Waals surface area contributed by atoms with E-state index in [1.807, 2.05) is 13.8 Å². The minimum Gasteiger partial charge on any atom is -0.469 e. The highest BCUT2D eigenvalue weighted by Gasteiger charge is 2.71. The second-order valence-corrected chi connectivity index (χ2v) is 15.3. The van der Waals surface area contributed by atoms with Crippen LogP contribution in [0.3, 0.4) is 0 Å². The van der Waals surface area contributed by atoms with Gasteiger partial charge in [0.25, 0.3) is 0 Å². The summed E-state index contributed by atoms with van der Waals surface area (Å²) in [7, 11) is 1.33. The van der Waals surface area contributed by atoms with Crippen molar-refractivity contribution in [1.29, 1.82) is 5.26 Å². The Balaban J connectivity index is 0.000000148. The Bertz CT molecular complexity index is 966. The number of hydrogen-bond donors (Lipinski definition) is 2. The van der Waals surface area contributed by atoms with Crippen LogP contribution in [-0.2, 0) is 19.1 Å². The molecule has 0 heterocycles. The van der Waals surface area contributed by atoms with E-state index in [-0.39, 0.29) is 35.7 Å². The maximum atomic E-state index is 12.4. The van der Waals surface area contributed by atoms with E-state index in [4.69, 9.17) is 15.1 Å². The topological polar surface area (TPSA) is 117 Å². The summed E-state index contributed by atoms with van der Waals surface area (Å²) in [6, 6.07) is 2.40. The number of rotatable bonds is 6. The fourth-order valence-electron chi connectivity index (χ4n) is 10.4. The molecule has 9 rings (SSSR count). The summed E-state index contributed by atoms with van der Waals surface area (Å²) < 4.78 is 10.7. The highest BCUT2D eigenvalue weighted by Crippen LogP contribution is 2.73. The van der Waals surface area contributed by atoms with E-state index >= 15 is 0 Å². The fraction of sp³-hybridized carbons (Fsp3) is 0.912. The van der Waals surface area contributed by atoms with Crippen molar-refractivity contribution in [2.75, 3.05) is 13.7 Å². The number of hydrogen-bond acceptors (Lipinski definition) is 7. The van der Waals surface area contributed by atoms with Crippen LogP contribution in [0.15, 0.2) is 0 Å². The predicted octanol–water partition coefficient (Wildman–Crippen LogP) is 5.67. The van der Waals surface area contributed by atoms with E-state index in [2.05, 4.69) is 17.7 Å². The van der Waals surface area contributed by atoms with Crippen molar-refractivity contribution < 1.29 is 29.3 Å². The van der Waals surface area contributed by atoms with Crippen molar-refractivity contribution in [3.05, 3.63) is 0 Å². The lowest BCUT2D eigenvalue weighted by Gasteiger charge is -2.73. The highest BCUT2D eigenvalue weighted by atomic mass is 16.6. The van der Waals surface area contributed by atoms with E-state index in [9.17, 15) is 14.7 Å². The molecule has 0 saturated heterocycles. The molecule has 7 heteroatoms. The third-order valence-corrected chi connectivity index (χ3v) is 13.0. The van der Waals surface area contributed by atoms with Crippen molar-refractivity contribution in [1.82, 2.24) is 0 Å². The van der Waals surface area contributed by atoms with Gasteiger partial charge in [-0.15, -0.1) is 0 Å². The van der Waals surface area contributed by atoms with Crippen LogP contribution >= 0.6 is 0 Å². The number of methoxy groups -OCH3 is 1. The number of aliphatic hydroxyl groups is 2. The number of nitriles is 1. The van der Waals surface area contributed by atoms with Gasteiger partial charge in [-0.1, -0.05) is 27.2 Å². The maximum absolute atomic E-state index is 12.4. The first-order valence-corrected chi connectivity index (χ1v) is 16.5. The molecule has 10 bridgehead atoms. The molecule has 230 valence electrons. The Kier molecular flexibility index (Phi) is 8.60. The van der Waals surface area contributed by atoms with Gasteiger partial charge in [0.2, 0.25) is 0 Å². The molecule has 9 aliphatic carbocycles. The number of carbonyl (C=O) groups excluding carboxylic acids is 2. The van der Waals surface area contributed by atoms with Crippen molar-refractivity contribution in [3.63, 3.8) is 0 Å². The minimum atomic E-state index is -0.714. The molecule has 5 atom stereocenters. The summed E-state index contributed by atoms with van der Waals surface area (Å²) in [4.78, 5) is 23.3. The zero-order chi connectivity index (χ0) is 29.7. The Labute approximate surface area is 246 Å². The largest absolute Gasteiger partial charge is 0.469 e. The molecule has 9 saturated carbocycles. The quantitative estimate of drug-likeness (QED) is 0.395. The Morgan fingerprint density at radius 2 is 1.51 bits per heavy atom. The third kappa shape index (κ3) is 5.46. The molecule has 9 aliphatic rings. The molecule has 41 heavy (non-hydrogen) atoms. The van der Waals surface area contributed by atoms with Gasteiger partial charge in [-0.3, -0.25) is 9.59 Å². The summed E-state index contributed by atoms with van der Waals surface area (Å²) in [5.41, 5.74) is -1.19. The van der Waals surface area contributed by atoms with Crippen LogP contribution in [0.4, 0.5) is 0 Å². The number of nitrogens with zero attached hydrogens (tertiary/aromatic N) is 1. The first kappa shape index (κ1) is 30.8. The molecule has 0 spiro atoms. The van der Waals surface area contributed by atoms with Crippen LogP contribution in [0, 0.1) is 75.9 Å². The van der Waals surface area contributed by atoms with Crippen molar-refractivity contribution in [2.24, 2.45) is 64.6 Å². The van der Waals surface area contributed by atoms with Gasteiger partial charge in [-0.25, -0.2) is 0 Å². The summed E-state index contributed by atoms with van der Waals surface area (Å²) in [5.74, 6) is 6.18. The highest BCUT2D eigenvalue weighted by molar-refractivity contribution is 5.76. The molecule has 0 radical (unpaired) electrons. The summed E-state index contributed by atoms with van der Waals surface area (Å²) in [6.07, 6.45) is 13.1.